The van der Waals surface area contributed by atoms with Crippen molar-refractivity contribution in [3.05, 3.63) is 17.0 Å². The summed E-state index contributed by atoms with van der Waals surface area (Å²) < 4.78 is 10.5. The number of nitrogens with zero attached hydrogens (tertiary/aromatic N) is 2. The van der Waals surface area contributed by atoms with Crippen LogP contribution in [0, 0.1) is 13.8 Å². The third-order valence-electron chi connectivity index (χ3n) is 3.74. The van der Waals surface area contributed by atoms with Crippen molar-refractivity contribution in [1.29, 1.82) is 0 Å². The molecule has 21 heavy (non-hydrogen) atoms. The average Bonchev–Trinajstić information content (AvgIpc) is 2.76. The minimum Gasteiger partial charge on any atom is -0.481 e. The number of rotatable bonds is 4. The van der Waals surface area contributed by atoms with Gasteiger partial charge in [-0.1, -0.05) is 5.16 Å². The van der Waals surface area contributed by atoms with Gasteiger partial charge in [0.1, 0.15) is 5.76 Å². The molecule has 2 atom stereocenters. The van der Waals surface area contributed by atoms with Gasteiger partial charge in [0.25, 0.3) is 0 Å². The molecule has 1 aliphatic heterocycles. The number of ether oxygens (including phenoxy) is 1. The van der Waals surface area contributed by atoms with E-state index in [1.807, 2.05) is 13.8 Å². The van der Waals surface area contributed by atoms with Gasteiger partial charge in [-0.2, -0.15) is 0 Å². The molecule has 0 saturated carbocycles. The highest BCUT2D eigenvalue weighted by molar-refractivity contribution is 5.84. The van der Waals surface area contributed by atoms with Crippen LogP contribution >= 0.6 is 0 Å². The third-order valence-corrected chi connectivity index (χ3v) is 3.74. The minimum absolute atomic E-state index is 0.0527. The summed E-state index contributed by atoms with van der Waals surface area (Å²) in [5, 5.41) is 12.7. The molecule has 0 aliphatic carbocycles. The predicted molar refractivity (Wildman–Crippen MR) is 73.0 cm³/mol. The van der Waals surface area contributed by atoms with Gasteiger partial charge in [0.2, 0.25) is 5.91 Å². The zero-order chi connectivity index (χ0) is 15.6. The van der Waals surface area contributed by atoms with Crippen molar-refractivity contribution < 1.29 is 24.0 Å². The molecule has 116 valence electrons. The maximum Gasteiger partial charge on any atom is 0.306 e. The number of carbonyl (C=O) groups is 2. The maximum atomic E-state index is 12.6. The highest BCUT2D eigenvalue weighted by Crippen LogP contribution is 2.25. The van der Waals surface area contributed by atoms with Crippen molar-refractivity contribution in [3.8, 4) is 0 Å². The fourth-order valence-electron chi connectivity index (χ4n) is 2.74. The molecule has 0 unspecified atom stereocenters. The Morgan fingerprint density at radius 3 is 2.76 bits per heavy atom. The maximum absolute atomic E-state index is 12.6. The quantitative estimate of drug-likeness (QED) is 0.894. The van der Waals surface area contributed by atoms with E-state index in [1.54, 1.807) is 11.8 Å². The lowest BCUT2D eigenvalue weighted by atomic mass is 9.97. The Morgan fingerprint density at radius 1 is 1.48 bits per heavy atom. The van der Waals surface area contributed by atoms with E-state index in [0.717, 1.165) is 5.56 Å². The minimum atomic E-state index is -0.923. The SMILES string of the molecule is Cc1noc(C)c1[C@H](C)C(=O)N1CCO[C@@H](CC(=O)O)C1. The van der Waals surface area contributed by atoms with Crippen molar-refractivity contribution in [3.63, 3.8) is 0 Å². The Kier molecular flexibility index (Phi) is 4.62. The summed E-state index contributed by atoms with van der Waals surface area (Å²) in [6.07, 6.45) is -0.541. The van der Waals surface area contributed by atoms with Crippen molar-refractivity contribution >= 4 is 11.9 Å². The number of morpholine rings is 1. The zero-order valence-corrected chi connectivity index (χ0v) is 12.5. The predicted octanol–water partition coefficient (Wildman–Crippen LogP) is 1.10. The molecule has 1 N–H and O–H groups in total. The number of aliphatic carboxylic acids is 1. The normalized spacial score (nSPS) is 20.3. The molecule has 2 rings (SSSR count). The van der Waals surface area contributed by atoms with Gasteiger partial charge in [0.15, 0.2) is 0 Å². The van der Waals surface area contributed by atoms with Crippen molar-refractivity contribution in [2.75, 3.05) is 19.7 Å². The van der Waals surface area contributed by atoms with E-state index in [9.17, 15) is 9.59 Å². The molecule has 2 heterocycles. The first-order valence-electron chi connectivity index (χ1n) is 6.95. The van der Waals surface area contributed by atoms with Crippen LogP contribution in [0.3, 0.4) is 0 Å². The molecule has 1 saturated heterocycles. The number of carboxylic acid groups (broad SMARTS) is 1. The fraction of sp³-hybridized carbons (Fsp3) is 0.643. The monoisotopic (exact) mass is 296 g/mol. The van der Waals surface area contributed by atoms with Gasteiger partial charge in [-0.05, 0) is 20.8 Å². The Balaban J connectivity index is 2.07. The van der Waals surface area contributed by atoms with E-state index in [4.69, 9.17) is 14.4 Å². The summed E-state index contributed by atoms with van der Waals surface area (Å²) in [6, 6.07) is 0. The lowest BCUT2D eigenvalue weighted by Crippen LogP contribution is -2.47. The van der Waals surface area contributed by atoms with Crippen molar-refractivity contribution in [2.24, 2.45) is 0 Å². The highest BCUT2D eigenvalue weighted by atomic mass is 16.5. The van der Waals surface area contributed by atoms with Crippen LogP contribution in [0.5, 0.6) is 0 Å². The molecule has 0 aromatic carbocycles. The molecule has 0 radical (unpaired) electrons. The van der Waals surface area contributed by atoms with Gasteiger partial charge in [0, 0.05) is 18.7 Å². The Labute approximate surface area is 122 Å². The number of hydrogen-bond donors (Lipinski definition) is 1. The first-order valence-corrected chi connectivity index (χ1v) is 6.95. The molecule has 0 bridgehead atoms. The first-order chi connectivity index (χ1) is 9.90. The summed E-state index contributed by atoms with van der Waals surface area (Å²) in [5.74, 6) is -0.695. The van der Waals surface area contributed by atoms with Gasteiger partial charge in [-0.3, -0.25) is 9.59 Å². The van der Waals surface area contributed by atoms with E-state index >= 15 is 0 Å². The average molecular weight is 296 g/mol. The van der Waals surface area contributed by atoms with Gasteiger partial charge in [0.05, 0.1) is 30.7 Å². The molecule has 1 aromatic heterocycles. The molecular weight excluding hydrogens is 276 g/mol. The standard InChI is InChI=1S/C14H20N2O5/c1-8(13-9(2)15-21-10(13)3)14(19)16-4-5-20-11(7-16)6-12(17)18/h8,11H,4-7H2,1-3H3,(H,17,18)/t8-,11-/m0/s1. The van der Waals surface area contributed by atoms with Gasteiger partial charge in [-0.25, -0.2) is 0 Å². The summed E-state index contributed by atoms with van der Waals surface area (Å²) in [7, 11) is 0. The Morgan fingerprint density at radius 2 is 2.19 bits per heavy atom. The Hall–Kier alpha value is -1.89. The second kappa shape index (κ2) is 6.26. The molecule has 1 aromatic rings. The molecule has 1 amide bonds. The van der Waals surface area contributed by atoms with Crippen LogP contribution in [0.15, 0.2) is 4.52 Å². The topological polar surface area (TPSA) is 92.9 Å². The first kappa shape index (κ1) is 15.5. The molecule has 1 fully saturated rings. The van der Waals surface area contributed by atoms with Crippen LogP contribution in [-0.4, -0.2) is 52.8 Å². The van der Waals surface area contributed by atoms with Crippen LogP contribution < -0.4 is 0 Å². The van der Waals surface area contributed by atoms with Crippen molar-refractivity contribution in [2.45, 2.75) is 39.2 Å². The van der Waals surface area contributed by atoms with Gasteiger partial charge < -0.3 is 19.3 Å². The zero-order valence-electron chi connectivity index (χ0n) is 12.5. The largest absolute Gasteiger partial charge is 0.481 e. The Bertz CT molecular complexity index is 520. The molecule has 0 spiro atoms. The summed E-state index contributed by atoms with van der Waals surface area (Å²) in [5.41, 5.74) is 1.52. The van der Waals surface area contributed by atoms with E-state index in [0.29, 0.717) is 31.2 Å². The van der Waals surface area contributed by atoms with Crippen LogP contribution in [-0.2, 0) is 14.3 Å². The third kappa shape index (κ3) is 3.41. The van der Waals surface area contributed by atoms with Crippen molar-refractivity contribution in [1.82, 2.24) is 10.1 Å². The van der Waals surface area contributed by atoms with Gasteiger partial charge >= 0.3 is 5.97 Å². The van der Waals surface area contributed by atoms with Crippen LogP contribution in [0.1, 0.15) is 36.3 Å². The number of carboxylic acids is 1. The number of aromatic nitrogens is 1. The highest BCUT2D eigenvalue weighted by Gasteiger charge is 2.31. The fourth-order valence-corrected chi connectivity index (χ4v) is 2.74. The molecule has 7 nitrogen and oxygen atoms in total. The summed E-state index contributed by atoms with van der Waals surface area (Å²) in [4.78, 5) is 25.0. The lowest BCUT2D eigenvalue weighted by Gasteiger charge is -2.34. The molecule has 1 aliphatic rings. The van der Waals surface area contributed by atoms with E-state index < -0.39 is 12.1 Å². The summed E-state index contributed by atoms with van der Waals surface area (Å²) >= 11 is 0. The number of carbonyl (C=O) groups excluding carboxylic acids is 1. The van der Waals surface area contributed by atoms with E-state index in [1.165, 1.54) is 0 Å². The number of aryl methyl sites for hydroxylation is 2. The second-order valence-electron chi connectivity index (χ2n) is 5.33. The molecule has 7 heteroatoms. The second-order valence-corrected chi connectivity index (χ2v) is 5.33. The van der Waals surface area contributed by atoms with E-state index in [2.05, 4.69) is 5.16 Å². The lowest BCUT2D eigenvalue weighted by molar-refractivity contribution is -0.148. The number of amides is 1. The van der Waals surface area contributed by atoms with E-state index in [-0.39, 0.29) is 18.2 Å². The molecular formula is C14H20N2O5. The van der Waals surface area contributed by atoms with Crippen LogP contribution in [0.25, 0.3) is 0 Å². The van der Waals surface area contributed by atoms with Crippen LogP contribution in [0.4, 0.5) is 0 Å². The number of hydrogen-bond acceptors (Lipinski definition) is 5. The van der Waals surface area contributed by atoms with Crippen LogP contribution in [0.2, 0.25) is 0 Å². The van der Waals surface area contributed by atoms with Gasteiger partial charge in [-0.15, -0.1) is 0 Å². The smallest absolute Gasteiger partial charge is 0.306 e. The summed E-state index contributed by atoms with van der Waals surface area (Å²) in [6.45, 7) is 6.55.